The fourth-order valence-electron chi connectivity index (χ4n) is 10.3. The maximum absolute atomic E-state index is 6.88. The van der Waals surface area contributed by atoms with Gasteiger partial charge in [-0.15, -0.1) is 4.68 Å². The van der Waals surface area contributed by atoms with Crippen LogP contribution in [0.2, 0.25) is 0 Å². The smallest absolute Gasteiger partial charge is 0.397 e. The number of pyridine rings is 1. The van der Waals surface area contributed by atoms with Crippen molar-refractivity contribution in [1.82, 2.24) is 13.8 Å². The molecular weight excluding hydrogens is 675 g/mol. The third-order valence-electron chi connectivity index (χ3n) is 12.3. The Labute approximate surface area is 315 Å². The minimum atomic E-state index is -0.721. The zero-order valence-electron chi connectivity index (χ0n) is 30.1. The maximum atomic E-state index is 6.88. The Hall–Kier alpha value is -7.36. The summed E-state index contributed by atoms with van der Waals surface area (Å²) in [5, 5.41) is 4.90. The molecule has 0 fully saturated rings. The Morgan fingerprint density at radius 1 is 0.600 bits per heavy atom. The van der Waals surface area contributed by atoms with Gasteiger partial charge in [0, 0.05) is 46.1 Å². The van der Waals surface area contributed by atoms with Crippen LogP contribution in [0.5, 0.6) is 11.5 Å². The number of nitrogens with zero attached hydrogens (tertiary/aromatic N) is 5. The van der Waals surface area contributed by atoms with Crippen molar-refractivity contribution in [3.8, 4) is 46.1 Å². The van der Waals surface area contributed by atoms with Gasteiger partial charge < -0.3 is 4.74 Å². The van der Waals surface area contributed by atoms with E-state index in [1.54, 1.807) is 0 Å². The third-order valence-corrected chi connectivity index (χ3v) is 12.3. The lowest BCUT2D eigenvalue weighted by molar-refractivity contribution is -0.995. The summed E-state index contributed by atoms with van der Waals surface area (Å²) in [4.78, 5) is 0. The highest BCUT2D eigenvalue weighted by Gasteiger charge is 2.69. The van der Waals surface area contributed by atoms with Crippen molar-refractivity contribution in [3.63, 3.8) is 0 Å². The summed E-state index contributed by atoms with van der Waals surface area (Å²) in [6, 6.07) is 55.4. The number of para-hydroxylation sites is 3. The average Bonchev–Trinajstić information content (AvgIpc) is 3.92. The summed E-state index contributed by atoms with van der Waals surface area (Å²) in [5.41, 5.74) is 13.1. The second-order valence-electron chi connectivity index (χ2n) is 14.9. The number of benzene rings is 6. The van der Waals surface area contributed by atoms with Crippen LogP contribution in [0.4, 0.5) is 0 Å². The molecule has 55 heavy (non-hydrogen) atoms. The molecule has 3 aliphatic heterocycles. The topological polar surface area (TPSA) is 31.8 Å². The Balaban J connectivity index is 1.04. The molecule has 0 N–H and O–H groups in total. The molecular formula is C49H31N5O+2. The third kappa shape index (κ3) is 3.35. The van der Waals surface area contributed by atoms with Crippen LogP contribution in [-0.2, 0) is 5.66 Å². The highest BCUT2D eigenvalue weighted by molar-refractivity contribution is 6.11. The molecule has 0 radical (unpaired) electrons. The van der Waals surface area contributed by atoms with E-state index in [2.05, 4.69) is 201 Å². The van der Waals surface area contributed by atoms with E-state index < -0.39 is 5.66 Å². The van der Waals surface area contributed by atoms with E-state index in [9.17, 15) is 0 Å². The van der Waals surface area contributed by atoms with E-state index in [1.807, 2.05) is 0 Å². The lowest BCUT2D eigenvalue weighted by Crippen LogP contribution is -2.77. The fraction of sp³-hybridized carbons (Fsp3) is 0.0612. The van der Waals surface area contributed by atoms with Gasteiger partial charge in [0.2, 0.25) is 5.69 Å². The molecule has 13 rings (SSSR count). The molecule has 0 saturated heterocycles. The Morgan fingerprint density at radius 3 is 2.04 bits per heavy atom. The highest BCUT2D eigenvalue weighted by Crippen LogP contribution is 2.56. The second kappa shape index (κ2) is 9.98. The van der Waals surface area contributed by atoms with Gasteiger partial charge in [-0.1, -0.05) is 77.5 Å². The van der Waals surface area contributed by atoms with Crippen molar-refractivity contribution in [2.24, 2.45) is 0 Å². The molecule has 1 atom stereocenters. The summed E-state index contributed by atoms with van der Waals surface area (Å²) in [5.74, 6) is 6.37. The molecule has 0 bridgehead atoms. The van der Waals surface area contributed by atoms with Crippen molar-refractivity contribution in [2.45, 2.75) is 19.5 Å². The van der Waals surface area contributed by atoms with Gasteiger partial charge in [-0.2, -0.15) is 9.13 Å². The van der Waals surface area contributed by atoms with Crippen LogP contribution in [0.15, 0.2) is 152 Å². The maximum Gasteiger partial charge on any atom is 0.397 e. The quantitative estimate of drug-likeness (QED) is 0.124. The lowest BCUT2D eigenvalue weighted by atomic mass is 9.84. The summed E-state index contributed by atoms with van der Waals surface area (Å²) >= 11 is 0. The van der Waals surface area contributed by atoms with E-state index in [4.69, 9.17) is 4.74 Å². The number of rotatable bonds is 1. The number of ether oxygens (including phenoxy) is 1. The molecule has 1 spiro atoms. The summed E-state index contributed by atoms with van der Waals surface area (Å²) in [7, 11) is 0. The second-order valence-corrected chi connectivity index (χ2v) is 14.9. The van der Waals surface area contributed by atoms with Gasteiger partial charge in [-0.05, 0) is 85.1 Å². The summed E-state index contributed by atoms with van der Waals surface area (Å²) < 4.78 is 18.9. The molecule has 0 aliphatic carbocycles. The van der Waals surface area contributed by atoms with Crippen molar-refractivity contribution in [1.29, 1.82) is 0 Å². The molecule has 6 aromatic carbocycles. The van der Waals surface area contributed by atoms with Crippen molar-refractivity contribution < 1.29 is 14.0 Å². The van der Waals surface area contributed by atoms with Gasteiger partial charge in [-0.25, -0.2) is 0 Å². The zero-order valence-corrected chi connectivity index (χ0v) is 30.1. The van der Waals surface area contributed by atoms with Gasteiger partial charge in [0.05, 0.1) is 28.5 Å². The minimum Gasteiger partial charge on any atom is -0.456 e. The van der Waals surface area contributed by atoms with Crippen molar-refractivity contribution in [3.05, 3.63) is 180 Å². The average molecular weight is 706 g/mol. The van der Waals surface area contributed by atoms with E-state index in [-0.39, 0.29) is 0 Å². The van der Waals surface area contributed by atoms with Crippen molar-refractivity contribution in [2.75, 3.05) is 0 Å². The van der Waals surface area contributed by atoms with Crippen LogP contribution in [0.3, 0.4) is 0 Å². The monoisotopic (exact) mass is 705 g/mol. The van der Waals surface area contributed by atoms with E-state index >= 15 is 0 Å². The van der Waals surface area contributed by atoms with Gasteiger partial charge in [-0.3, -0.25) is 4.57 Å². The van der Waals surface area contributed by atoms with E-state index in [1.165, 1.54) is 49.5 Å². The number of hydrogen-bond acceptors (Lipinski definition) is 1. The predicted octanol–water partition coefficient (Wildman–Crippen LogP) is 9.43. The first kappa shape index (κ1) is 29.1. The molecule has 0 amide bonds. The van der Waals surface area contributed by atoms with Gasteiger partial charge in [0.25, 0.3) is 5.82 Å². The molecule has 4 aromatic heterocycles. The Morgan fingerprint density at radius 2 is 1.27 bits per heavy atom. The summed E-state index contributed by atoms with van der Waals surface area (Å²) in [6.07, 6.45) is 2.25. The van der Waals surface area contributed by atoms with Crippen LogP contribution in [0, 0.1) is 25.8 Å². The molecule has 0 saturated carbocycles. The molecule has 6 nitrogen and oxygen atoms in total. The molecule has 1 unspecified atom stereocenters. The lowest BCUT2D eigenvalue weighted by Gasteiger charge is -2.33. The zero-order chi connectivity index (χ0) is 36.2. The van der Waals surface area contributed by atoms with Crippen LogP contribution in [-0.4, -0.2) is 13.8 Å². The number of hydrogen-bond donors (Lipinski definition) is 0. The van der Waals surface area contributed by atoms with Crippen LogP contribution >= 0.6 is 0 Å². The normalized spacial score (nSPS) is 15.5. The predicted molar refractivity (Wildman–Crippen MR) is 215 cm³/mol. The van der Waals surface area contributed by atoms with E-state index in [0.29, 0.717) is 0 Å². The van der Waals surface area contributed by atoms with Crippen LogP contribution in [0.25, 0.3) is 66.2 Å². The highest BCUT2D eigenvalue weighted by atomic mass is 16.5. The first-order valence-electron chi connectivity index (χ1n) is 18.8. The molecule has 256 valence electrons. The molecule has 10 aromatic rings. The molecule has 3 aliphatic rings. The van der Waals surface area contributed by atoms with Crippen molar-refractivity contribution >= 4 is 43.6 Å². The minimum absolute atomic E-state index is 0.721. The molecule has 7 heterocycles. The van der Waals surface area contributed by atoms with Crippen LogP contribution < -0.4 is 14.0 Å². The van der Waals surface area contributed by atoms with Gasteiger partial charge >= 0.3 is 5.66 Å². The Bertz CT molecular complexity index is 3390. The standard InChI is InChI=1S/C49H31N5O/c1-30-45(33-23-21-32(22-24-33)27-29-50-38-15-6-3-12-34(38)35-13-4-7-16-39(35)50)31(2)54-49-46-41(53(30)54)18-11-19-42(46)55-43-26-25-37-36-14-5-8-17-40(36)52(48(37)47(43)49)44-20-9-10-28-51(44)49/h3-26,28H,1-2H3/q+2. The number of aromatic nitrogens is 5. The SMILES string of the molecule is Cc1c(-c2ccc(C#Cn3c4ccccc4c4ccccc43)cc2)c(C)[n+]2n1-c1cccc3c1C21c2c(ccc4c5ccccc5n(c24)-c2cccc[n+]21)O3. The first-order valence-corrected chi connectivity index (χ1v) is 18.8. The summed E-state index contributed by atoms with van der Waals surface area (Å²) in [6.45, 7) is 4.53. The fourth-order valence-corrected chi connectivity index (χ4v) is 10.3. The Kier molecular flexibility index (Phi) is 5.29. The number of fused-ring (bicyclic) bond motifs is 10. The van der Waals surface area contributed by atoms with E-state index in [0.717, 1.165) is 56.3 Å². The van der Waals surface area contributed by atoms with Crippen LogP contribution in [0.1, 0.15) is 28.1 Å². The first-order chi connectivity index (χ1) is 27.1. The van der Waals surface area contributed by atoms with Gasteiger partial charge in [0.15, 0.2) is 11.1 Å². The van der Waals surface area contributed by atoms with Gasteiger partial charge in [0.1, 0.15) is 28.3 Å². The largest absolute Gasteiger partial charge is 0.456 e. The molecule has 6 heteroatoms.